The van der Waals surface area contributed by atoms with Gasteiger partial charge in [-0.05, 0) is 25.1 Å². The van der Waals surface area contributed by atoms with Crippen LogP contribution in [0.5, 0.6) is 0 Å². The summed E-state index contributed by atoms with van der Waals surface area (Å²) < 4.78 is 0. The molecular formula is C17H20N4OS. The predicted molar refractivity (Wildman–Crippen MR) is 92.8 cm³/mol. The number of nitrogens with one attached hydrogen (secondary N) is 1. The molecule has 1 amide bonds. The molecule has 3 rings (SSSR count). The molecule has 2 aromatic heterocycles. The average Bonchev–Trinajstić information content (AvgIpc) is 3.14. The fraction of sp³-hybridized carbons (Fsp3) is 0.353. The fourth-order valence-electron chi connectivity index (χ4n) is 2.47. The first-order valence-electron chi connectivity index (χ1n) is 7.60. The van der Waals surface area contributed by atoms with E-state index in [1.165, 1.54) is 0 Å². The molecule has 0 saturated heterocycles. The van der Waals surface area contributed by atoms with Crippen molar-refractivity contribution in [1.29, 1.82) is 0 Å². The van der Waals surface area contributed by atoms with Crippen LogP contribution in [0.2, 0.25) is 0 Å². The van der Waals surface area contributed by atoms with Crippen molar-refractivity contribution in [1.82, 2.24) is 20.1 Å². The minimum Gasteiger partial charge on any atom is -0.336 e. The Morgan fingerprint density at radius 2 is 2.17 bits per heavy atom. The largest absolute Gasteiger partial charge is 0.336 e. The van der Waals surface area contributed by atoms with Crippen molar-refractivity contribution in [3.8, 4) is 0 Å². The third kappa shape index (κ3) is 3.12. The highest BCUT2D eigenvalue weighted by Crippen LogP contribution is 2.21. The fourth-order valence-corrected chi connectivity index (χ4v) is 3.29. The Balaban J connectivity index is 1.78. The molecule has 0 aliphatic rings. The van der Waals surface area contributed by atoms with Gasteiger partial charge in [0.25, 0.3) is 5.91 Å². The summed E-state index contributed by atoms with van der Waals surface area (Å²) in [6.45, 7) is 6.72. The lowest BCUT2D eigenvalue weighted by Gasteiger charge is -2.16. The molecule has 1 aromatic carbocycles. The number of carbonyl (C=O) groups excluding carboxylic acids is 1. The molecule has 1 N–H and O–H groups in total. The summed E-state index contributed by atoms with van der Waals surface area (Å²) in [6.07, 6.45) is 0. The maximum absolute atomic E-state index is 12.6. The van der Waals surface area contributed by atoms with Crippen LogP contribution in [0.1, 0.15) is 46.5 Å². The zero-order chi connectivity index (χ0) is 16.6. The normalized spacial score (nSPS) is 11.3. The third-order valence-corrected chi connectivity index (χ3v) is 4.99. The molecule has 0 saturated carbocycles. The summed E-state index contributed by atoms with van der Waals surface area (Å²) >= 11 is 1.65. The molecule has 2 heterocycles. The van der Waals surface area contributed by atoms with Gasteiger partial charge in [0, 0.05) is 35.0 Å². The molecule has 6 heteroatoms. The van der Waals surface area contributed by atoms with Crippen molar-refractivity contribution in [2.75, 3.05) is 7.05 Å². The van der Waals surface area contributed by atoms with E-state index >= 15 is 0 Å². The van der Waals surface area contributed by atoms with E-state index in [0.29, 0.717) is 18.0 Å². The van der Waals surface area contributed by atoms with Crippen LogP contribution < -0.4 is 0 Å². The number of nitrogens with zero attached hydrogens (tertiary/aromatic N) is 3. The molecule has 0 radical (unpaired) electrons. The zero-order valence-electron chi connectivity index (χ0n) is 13.8. The molecule has 0 fully saturated rings. The van der Waals surface area contributed by atoms with Crippen LogP contribution in [-0.2, 0) is 6.54 Å². The van der Waals surface area contributed by atoms with Crippen LogP contribution in [0.15, 0.2) is 23.6 Å². The second kappa shape index (κ2) is 6.12. The van der Waals surface area contributed by atoms with Crippen molar-refractivity contribution in [2.24, 2.45) is 0 Å². The predicted octanol–water partition coefficient (Wildman–Crippen LogP) is 3.72. The quantitative estimate of drug-likeness (QED) is 0.794. The van der Waals surface area contributed by atoms with E-state index in [4.69, 9.17) is 0 Å². The Morgan fingerprint density at radius 1 is 1.39 bits per heavy atom. The number of carbonyl (C=O) groups is 1. The maximum atomic E-state index is 12.6. The summed E-state index contributed by atoms with van der Waals surface area (Å²) in [5.41, 5.74) is 3.46. The van der Waals surface area contributed by atoms with Gasteiger partial charge >= 0.3 is 0 Å². The number of aryl methyl sites for hydroxylation is 1. The highest BCUT2D eigenvalue weighted by atomic mass is 32.1. The van der Waals surface area contributed by atoms with Gasteiger partial charge in [0.1, 0.15) is 0 Å². The Labute approximate surface area is 139 Å². The molecule has 23 heavy (non-hydrogen) atoms. The lowest BCUT2D eigenvalue weighted by atomic mass is 10.1. The molecule has 0 aliphatic carbocycles. The molecule has 0 atom stereocenters. The van der Waals surface area contributed by atoms with Crippen molar-refractivity contribution in [3.63, 3.8) is 0 Å². The number of H-pyrrole nitrogens is 1. The monoisotopic (exact) mass is 328 g/mol. The van der Waals surface area contributed by atoms with E-state index in [-0.39, 0.29) is 5.91 Å². The van der Waals surface area contributed by atoms with Crippen LogP contribution in [-0.4, -0.2) is 33.0 Å². The molecular weight excluding hydrogens is 308 g/mol. The standard InChI is InChI=1S/C17H20N4OS/c1-10(2)16-18-13(9-23-16)8-21(4)17(22)12-5-6-15-14(7-12)11(3)19-20-15/h5-7,9-10H,8H2,1-4H3,(H,19,20). The smallest absolute Gasteiger partial charge is 0.253 e. The van der Waals surface area contributed by atoms with Gasteiger partial charge in [0.05, 0.1) is 22.8 Å². The first kappa shape index (κ1) is 15.7. The number of benzene rings is 1. The van der Waals surface area contributed by atoms with Crippen molar-refractivity contribution in [3.05, 3.63) is 45.5 Å². The second-order valence-corrected chi connectivity index (χ2v) is 6.96. The van der Waals surface area contributed by atoms with Crippen molar-refractivity contribution >= 4 is 28.1 Å². The summed E-state index contributed by atoms with van der Waals surface area (Å²) in [5, 5.41) is 11.3. The molecule has 0 unspecified atom stereocenters. The minimum atomic E-state index is -0.00778. The van der Waals surface area contributed by atoms with E-state index in [0.717, 1.165) is 27.3 Å². The molecule has 3 aromatic rings. The average molecular weight is 328 g/mol. The van der Waals surface area contributed by atoms with Gasteiger partial charge in [-0.2, -0.15) is 5.10 Å². The number of aromatic amines is 1. The molecule has 120 valence electrons. The van der Waals surface area contributed by atoms with Gasteiger partial charge in [-0.15, -0.1) is 11.3 Å². The van der Waals surface area contributed by atoms with Gasteiger partial charge in [-0.25, -0.2) is 4.98 Å². The van der Waals surface area contributed by atoms with Crippen LogP contribution in [0, 0.1) is 6.92 Å². The maximum Gasteiger partial charge on any atom is 0.253 e. The van der Waals surface area contributed by atoms with Gasteiger partial charge in [0.15, 0.2) is 0 Å². The SMILES string of the molecule is Cc1[nH]nc2ccc(C(=O)N(C)Cc3csc(C(C)C)n3)cc12. The summed E-state index contributed by atoms with van der Waals surface area (Å²) in [6, 6.07) is 5.59. The zero-order valence-corrected chi connectivity index (χ0v) is 14.6. The Morgan fingerprint density at radius 3 is 2.87 bits per heavy atom. The number of aromatic nitrogens is 3. The highest BCUT2D eigenvalue weighted by Gasteiger charge is 2.15. The number of hydrogen-bond acceptors (Lipinski definition) is 4. The van der Waals surface area contributed by atoms with E-state index in [1.807, 2.05) is 37.6 Å². The van der Waals surface area contributed by atoms with Gasteiger partial charge < -0.3 is 4.90 Å². The van der Waals surface area contributed by atoms with Crippen LogP contribution in [0.3, 0.4) is 0 Å². The molecule has 0 bridgehead atoms. The summed E-state index contributed by atoms with van der Waals surface area (Å²) in [7, 11) is 1.81. The van der Waals surface area contributed by atoms with Gasteiger partial charge in [0.2, 0.25) is 0 Å². The lowest BCUT2D eigenvalue weighted by Crippen LogP contribution is -2.26. The topological polar surface area (TPSA) is 61.9 Å². The van der Waals surface area contributed by atoms with E-state index in [1.54, 1.807) is 16.2 Å². The summed E-state index contributed by atoms with van der Waals surface area (Å²) in [5.74, 6) is 0.410. The number of fused-ring (bicyclic) bond motifs is 1. The van der Waals surface area contributed by atoms with Crippen LogP contribution in [0.25, 0.3) is 10.9 Å². The number of thiazole rings is 1. The first-order valence-corrected chi connectivity index (χ1v) is 8.48. The van der Waals surface area contributed by atoms with Gasteiger partial charge in [-0.1, -0.05) is 13.8 Å². The number of rotatable bonds is 4. The van der Waals surface area contributed by atoms with Gasteiger partial charge in [-0.3, -0.25) is 9.89 Å². The molecule has 5 nitrogen and oxygen atoms in total. The highest BCUT2D eigenvalue weighted by molar-refractivity contribution is 7.09. The van der Waals surface area contributed by atoms with Crippen LogP contribution >= 0.6 is 11.3 Å². The third-order valence-electron chi connectivity index (χ3n) is 3.80. The Bertz CT molecular complexity index is 849. The lowest BCUT2D eigenvalue weighted by molar-refractivity contribution is 0.0784. The summed E-state index contributed by atoms with van der Waals surface area (Å²) in [4.78, 5) is 18.9. The van der Waals surface area contributed by atoms with E-state index in [9.17, 15) is 4.79 Å². The van der Waals surface area contributed by atoms with E-state index in [2.05, 4.69) is 29.0 Å². The second-order valence-electron chi connectivity index (χ2n) is 6.07. The molecule has 0 aliphatic heterocycles. The number of amides is 1. The van der Waals surface area contributed by atoms with Crippen LogP contribution in [0.4, 0.5) is 0 Å². The first-order chi connectivity index (χ1) is 11.0. The van der Waals surface area contributed by atoms with Crippen molar-refractivity contribution in [2.45, 2.75) is 33.2 Å². The Hall–Kier alpha value is -2.21. The number of hydrogen-bond donors (Lipinski definition) is 1. The van der Waals surface area contributed by atoms with E-state index < -0.39 is 0 Å². The molecule has 0 spiro atoms. The van der Waals surface area contributed by atoms with Crippen molar-refractivity contribution < 1.29 is 4.79 Å². The Kier molecular flexibility index (Phi) is 4.17. The minimum absolute atomic E-state index is 0.00778.